The average Bonchev–Trinajstić information content (AvgIpc) is 2.11. The fourth-order valence-electron chi connectivity index (χ4n) is 2.28. The monoisotopic (exact) mass is 214 g/mol. The quantitative estimate of drug-likeness (QED) is 0.770. The molecule has 2 unspecified atom stereocenters. The SMILES string of the molecule is CC(CN)CCN1CC(C)OC(C)(C)C1. The summed E-state index contributed by atoms with van der Waals surface area (Å²) in [6.45, 7) is 12.7. The van der Waals surface area contributed by atoms with Crippen molar-refractivity contribution in [2.75, 3.05) is 26.2 Å². The van der Waals surface area contributed by atoms with Crippen LogP contribution in [0.5, 0.6) is 0 Å². The van der Waals surface area contributed by atoms with Gasteiger partial charge in [0.2, 0.25) is 0 Å². The third kappa shape index (κ3) is 4.49. The summed E-state index contributed by atoms with van der Waals surface area (Å²) < 4.78 is 5.87. The van der Waals surface area contributed by atoms with Gasteiger partial charge in [-0.25, -0.2) is 0 Å². The van der Waals surface area contributed by atoms with Crippen LogP contribution >= 0.6 is 0 Å². The molecule has 1 saturated heterocycles. The van der Waals surface area contributed by atoms with Crippen LogP contribution in [0.4, 0.5) is 0 Å². The van der Waals surface area contributed by atoms with Crippen LogP contribution in [0.1, 0.15) is 34.1 Å². The van der Waals surface area contributed by atoms with Gasteiger partial charge in [0.15, 0.2) is 0 Å². The second-order valence-corrected chi connectivity index (χ2v) is 5.55. The summed E-state index contributed by atoms with van der Waals surface area (Å²) in [5.41, 5.74) is 5.63. The Morgan fingerprint density at radius 1 is 1.53 bits per heavy atom. The van der Waals surface area contributed by atoms with Crippen molar-refractivity contribution in [3.05, 3.63) is 0 Å². The summed E-state index contributed by atoms with van der Waals surface area (Å²) in [5, 5.41) is 0. The number of rotatable bonds is 4. The van der Waals surface area contributed by atoms with Gasteiger partial charge in [0.25, 0.3) is 0 Å². The lowest BCUT2D eigenvalue weighted by Gasteiger charge is -2.42. The van der Waals surface area contributed by atoms with Crippen molar-refractivity contribution in [2.45, 2.75) is 45.8 Å². The van der Waals surface area contributed by atoms with Crippen molar-refractivity contribution in [3.8, 4) is 0 Å². The Hall–Kier alpha value is -0.120. The smallest absolute Gasteiger partial charge is 0.0757 e. The Balaban J connectivity index is 2.35. The fourth-order valence-corrected chi connectivity index (χ4v) is 2.28. The highest BCUT2D eigenvalue weighted by molar-refractivity contribution is 4.82. The van der Waals surface area contributed by atoms with Crippen molar-refractivity contribution < 1.29 is 4.74 Å². The van der Waals surface area contributed by atoms with Crippen LogP contribution in [0, 0.1) is 5.92 Å². The third-order valence-corrected chi connectivity index (χ3v) is 2.98. The van der Waals surface area contributed by atoms with Gasteiger partial charge in [-0.1, -0.05) is 6.92 Å². The van der Waals surface area contributed by atoms with E-state index in [0.29, 0.717) is 12.0 Å². The molecule has 0 aromatic carbocycles. The molecule has 0 radical (unpaired) electrons. The summed E-state index contributed by atoms with van der Waals surface area (Å²) in [4.78, 5) is 2.50. The molecule has 15 heavy (non-hydrogen) atoms. The summed E-state index contributed by atoms with van der Waals surface area (Å²) >= 11 is 0. The summed E-state index contributed by atoms with van der Waals surface area (Å²) in [6.07, 6.45) is 1.54. The standard InChI is InChI=1S/C12H26N2O/c1-10(7-13)5-6-14-8-11(2)15-12(3,4)9-14/h10-11H,5-9,13H2,1-4H3. The van der Waals surface area contributed by atoms with Gasteiger partial charge < -0.3 is 10.5 Å². The van der Waals surface area contributed by atoms with Crippen LogP contribution in [-0.2, 0) is 4.74 Å². The highest BCUT2D eigenvalue weighted by Gasteiger charge is 2.30. The molecule has 2 N–H and O–H groups in total. The highest BCUT2D eigenvalue weighted by Crippen LogP contribution is 2.21. The zero-order valence-electron chi connectivity index (χ0n) is 10.6. The van der Waals surface area contributed by atoms with Crippen molar-refractivity contribution in [3.63, 3.8) is 0 Å². The minimum absolute atomic E-state index is 0.00359. The Morgan fingerprint density at radius 3 is 2.73 bits per heavy atom. The number of ether oxygens (including phenoxy) is 1. The van der Waals surface area contributed by atoms with E-state index >= 15 is 0 Å². The van der Waals surface area contributed by atoms with Crippen molar-refractivity contribution >= 4 is 0 Å². The van der Waals surface area contributed by atoms with E-state index in [1.165, 1.54) is 6.42 Å². The molecule has 3 nitrogen and oxygen atoms in total. The van der Waals surface area contributed by atoms with Crippen molar-refractivity contribution in [1.82, 2.24) is 4.90 Å². The maximum absolute atomic E-state index is 5.87. The minimum atomic E-state index is 0.00359. The molecule has 2 atom stereocenters. The van der Waals surface area contributed by atoms with E-state index in [0.717, 1.165) is 26.2 Å². The van der Waals surface area contributed by atoms with Crippen LogP contribution < -0.4 is 5.73 Å². The minimum Gasteiger partial charge on any atom is -0.370 e. The maximum Gasteiger partial charge on any atom is 0.0757 e. The van der Waals surface area contributed by atoms with Crippen LogP contribution in [0.2, 0.25) is 0 Å². The molecule has 0 spiro atoms. The van der Waals surface area contributed by atoms with E-state index in [-0.39, 0.29) is 5.60 Å². The van der Waals surface area contributed by atoms with Gasteiger partial charge in [0.1, 0.15) is 0 Å². The molecule has 1 aliphatic heterocycles. The summed E-state index contributed by atoms with van der Waals surface area (Å²) in [5.74, 6) is 0.631. The first-order valence-electron chi connectivity index (χ1n) is 6.03. The molecule has 0 saturated carbocycles. The van der Waals surface area contributed by atoms with E-state index in [1.807, 2.05) is 0 Å². The number of hydrogen-bond acceptors (Lipinski definition) is 3. The van der Waals surface area contributed by atoms with E-state index in [9.17, 15) is 0 Å². The lowest BCUT2D eigenvalue weighted by molar-refractivity contribution is -0.129. The molecule has 0 bridgehead atoms. The number of morpholine rings is 1. The zero-order valence-corrected chi connectivity index (χ0v) is 10.6. The molecular weight excluding hydrogens is 188 g/mol. The van der Waals surface area contributed by atoms with E-state index < -0.39 is 0 Å². The number of nitrogens with two attached hydrogens (primary N) is 1. The Bertz CT molecular complexity index is 194. The predicted octanol–water partition coefficient (Wildman–Crippen LogP) is 1.47. The highest BCUT2D eigenvalue weighted by atomic mass is 16.5. The van der Waals surface area contributed by atoms with Crippen LogP contribution in [0.15, 0.2) is 0 Å². The average molecular weight is 214 g/mol. The molecule has 0 aromatic rings. The second kappa shape index (κ2) is 5.28. The molecule has 90 valence electrons. The third-order valence-electron chi connectivity index (χ3n) is 2.98. The van der Waals surface area contributed by atoms with Gasteiger partial charge in [-0.05, 0) is 46.2 Å². The zero-order chi connectivity index (χ0) is 11.5. The van der Waals surface area contributed by atoms with Gasteiger partial charge in [-0.3, -0.25) is 4.90 Å². The van der Waals surface area contributed by atoms with E-state index in [1.54, 1.807) is 0 Å². The van der Waals surface area contributed by atoms with E-state index in [4.69, 9.17) is 10.5 Å². The molecular formula is C12H26N2O. The molecule has 0 amide bonds. The molecule has 0 aromatic heterocycles. The molecule has 1 fully saturated rings. The Morgan fingerprint density at radius 2 is 2.20 bits per heavy atom. The Kier molecular flexibility index (Phi) is 4.56. The second-order valence-electron chi connectivity index (χ2n) is 5.55. The number of hydrogen-bond donors (Lipinski definition) is 1. The maximum atomic E-state index is 5.87. The molecule has 1 rings (SSSR count). The first kappa shape index (κ1) is 12.9. The van der Waals surface area contributed by atoms with Crippen molar-refractivity contribution in [1.29, 1.82) is 0 Å². The lowest BCUT2D eigenvalue weighted by atomic mass is 10.0. The molecule has 0 aliphatic carbocycles. The topological polar surface area (TPSA) is 38.5 Å². The van der Waals surface area contributed by atoms with Gasteiger partial charge in [0, 0.05) is 13.1 Å². The summed E-state index contributed by atoms with van der Waals surface area (Å²) in [7, 11) is 0. The van der Waals surface area contributed by atoms with Gasteiger partial charge in [-0.2, -0.15) is 0 Å². The lowest BCUT2D eigenvalue weighted by Crippen LogP contribution is -2.52. The normalized spacial score (nSPS) is 29.0. The van der Waals surface area contributed by atoms with Gasteiger partial charge >= 0.3 is 0 Å². The van der Waals surface area contributed by atoms with Crippen LogP contribution in [-0.4, -0.2) is 42.8 Å². The van der Waals surface area contributed by atoms with Gasteiger partial charge in [0.05, 0.1) is 11.7 Å². The Labute approximate surface area is 94.0 Å². The summed E-state index contributed by atoms with van der Waals surface area (Å²) in [6, 6.07) is 0. The number of nitrogens with zero attached hydrogens (tertiary/aromatic N) is 1. The predicted molar refractivity (Wildman–Crippen MR) is 63.9 cm³/mol. The molecule has 1 heterocycles. The first-order chi connectivity index (χ1) is 6.93. The molecule has 1 aliphatic rings. The van der Waals surface area contributed by atoms with E-state index in [2.05, 4.69) is 32.6 Å². The molecule has 3 heteroatoms. The largest absolute Gasteiger partial charge is 0.370 e. The van der Waals surface area contributed by atoms with Crippen molar-refractivity contribution in [2.24, 2.45) is 11.7 Å². The fraction of sp³-hybridized carbons (Fsp3) is 1.00. The first-order valence-corrected chi connectivity index (χ1v) is 6.03. The van der Waals surface area contributed by atoms with Gasteiger partial charge in [-0.15, -0.1) is 0 Å². The van der Waals surface area contributed by atoms with Crippen LogP contribution in [0.3, 0.4) is 0 Å². The van der Waals surface area contributed by atoms with Crippen LogP contribution in [0.25, 0.3) is 0 Å².